The quantitative estimate of drug-likeness (QED) is 0.845. The van der Waals surface area contributed by atoms with Crippen molar-refractivity contribution >= 4 is 27.7 Å². The van der Waals surface area contributed by atoms with Crippen LogP contribution in [-0.2, 0) is 10.0 Å². The SMILES string of the molecule is Nc1ccc(C(=O)NS(=O)(=O)C=Cc2ccccc2)cc1. The minimum absolute atomic E-state index is 0.223. The van der Waals surface area contributed by atoms with Gasteiger partial charge in [0.2, 0.25) is 0 Å². The molecule has 6 heteroatoms. The van der Waals surface area contributed by atoms with E-state index < -0.39 is 15.9 Å². The second-order valence-corrected chi connectivity index (χ2v) is 5.88. The van der Waals surface area contributed by atoms with Gasteiger partial charge >= 0.3 is 0 Å². The third-order valence-electron chi connectivity index (χ3n) is 2.65. The molecule has 0 bridgehead atoms. The summed E-state index contributed by atoms with van der Waals surface area (Å²) < 4.78 is 25.6. The van der Waals surface area contributed by atoms with Gasteiger partial charge in [0, 0.05) is 11.3 Å². The topological polar surface area (TPSA) is 89.3 Å². The summed E-state index contributed by atoms with van der Waals surface area (Å²) in [4.78, 5) is 11.8. The van der Waals surface area contributed by atoms with Gasteiger partial charge in [0.1, 0.15) is 0 Å². The molecule has 2 rings (SSSR count). The molecule has 0 saturated carbocycles. The van der Waals surface area contributed by atoms with Crippen molar-refractivity contribution in [3.05, 3.63) is 71.1 Å². The fourth-order valence-corrected chi connectivity index (χ4v) is 2.37. The average Bonchev–Trinajstić information content (AvgIpc) is 2.46. The molecule has 0 aliphatic rings. The standard InChI is InChI=1S/C15H14N2O3S/c16-14-8-6-13(7-9-14)15(18)17-21(19,20)11-10-12-4-2-1-3-5-12/h1-11H,16H2,(H,17,18). The molecule has 0 heterocycles. The molecule has 0 atom stereocenters. The van der Waals surface area contributed by atoms with Crippen LogP contribution in [0.1, 0.15) is 15.9 Å². The number of nitrogens with two attached hydrogens (primary N) is 1. The molecular weight excluding hydrogens is 288 g/mol. The summed E-state index contributed by atoms with van der Waals surface area (Å²) in [7, 11) is -3.85. The Balaban J connectivity index is 2.09. The average molecular weight is 302 g/mol. The van der Waals surface area contributed by atoms with Crippen molar-refractivity contribution in [2.75, 3.05) is 5.73 Å². The number of benzene rings is 2. The first kappa shape index (κ1) is 14.8. The minimum atomic E-state index is -3.85. The minimum Gasteiger partial charge on any atom is -0.399 e. The van der Waals surface area contributed by atoms with Gasteiger partial charge in [-0.15, -0.1) is 0 Å². The second kappa shape index (κ2) is 6.23. The lowest BCUT2D eigenvalue weighted by atomic mass is 10.2. The maximum absolute atomic E-state index is 11.8. The van der Waals surface area contributed by atoms with Crippen molar-refractivity contribution in [2.24, 2.45) is 0 Å². The Labute approximate surface area is 123 Å². The van der Waals surface area contributed by atoms with Crippen LogP contribution in [0.5, 0.6) is 0 Å². The van der Waals surface area contributed by atoms with E-state index in [-0.39, 0.29) is 5.56 Å². The van der Waals surface area contributed by atoms with E-state index in [9.17, 15) is 13.2 Å². The van der Waals surface area contributed by atoms with Crippen molar-refractivity contribution < 1.29 is 13.2 Å². The highest BCUT2D eigenvalue weighted by Crippen LogP contribution is 2.07. The summed E-state index contributed by atoms with van der Waals surface area (Å²) in [6, 6.07) is 14.9. The van der Waals surface area contributed by atoms with Crippen molar-refractivity contribution in [3.8, 4) is 0 Å². The zero-order chi connectivity index (χ0) is 15.3. The van der Waals surface area contributed by atoms with Crippen molar-refractivity contribution in [1.29, 1.82) is 0 Å². The predicted molar refractivity (Wildman–Crippen MR) is 82.7 cm³/mol. The Bertz CT molecular complexity index is 751. The van der Waals surface area contributed by atoms with Crippen LogP contribution in [0.15, 0.2) is 60.0 Å². The van der Waals surface area contributed by atoms with E-state index in [1.165, 1.54) is 30.3 Å². The molecule has 3 N–H and O–H groups in total. The Morgan fingerprint density at radius 3 is 2.24 bits per heavy atom. The number of carbonyl (C=O) groups is 1. The largest absolute Gasteiger partial charge is 0.399 e. The smallest absolute Gasteiger partial charge is 0.264 e. The third-order valence-corrected chi connectivity index (χ3v) is 3.61. The fraction of sp³-hybridized carbons (Fsp3) is 0. The molecule has 0 aromatic heterocycles. The van der Waals surface area contributed by atoms with E-state index in [0.717, 1.165) is 11.0 Å². The van der Waals surface area contributed by atoms with E-state index in [1.54, 1.807) is 24.3 Å². The summed E-state index contributed by atoms with van der Waals surface area (Å²) in [6.07, 6.45) is 1.42. The highest BCUT2D eigenvalue weighted by atomic mass is 32.2. The number of rotatable bonds is 4. The summed E-state index contributed by atoms with van der Waals surface area (Å²) >= 11 is 0. The van der Waals surface area contributed by atoms with E-state index in [0.29, 0.717) is 5.69 Å². The summed E-state index contributed by atoms with van der Waals surface area (Å²) in [6.45, 7) is 0. The maximum Gasteiger partial charge on any atom is 0.264 e. The lowest BCUT2D eigenvalue weighted by Crippen LogP contribution is -2.28. The number of carbonyl (C=O) groups excluding carboxylic acids is 1. The molecule has 0 spiro atoms. The van der Waals surface area contributed by atoms with Crippen molar-refractivity contribution in [2.45, 2.75) is 0 Å². The van der Waals surface area contributed by atoms with Gasteiger partial charge in [-0.3, -0.25) is 4.79 Å². The molecule has 0 aliphatic carbocycles. The summed E-state index contributed by atoms with van der Waals surface area (Å²) in [5.41, 5.74) is 6.95. The lowest BCUT2D eigenvalue weighted by Gasteiger charge is -2.03. The van der Waals surface area contributed by atoms with Crippen LogP contribution in [-0.4, -0.2) is 14.3 Å². The first-order chi connectivity index (χ1) is 9.96. The lowest BCUT2D eigenvalue weighted by molar-refractivity contribution is 0.0982. The van der Waals surface area contributed by atoms with Gasteiger partial charge in [-0.1, -0.05) is 30.3 Å². The number of hydrogen-bond donors (Lipinski definition) is 2. The van der Waals surface area contributed by atoms with Gasteiger partial charge in [-0.2, -0.15) is 0 Å². The van der Waals surface area contributed by atoms with Gasteiger partial charge in [0.05, 0.1) is 5.41 Å². The summed E-state index contributed by atoms with van der Waals surface area (Å²) in [5.74, 6) is -0.701. The molecule has 0 aliphatic heterocycles. The first-order valence-electron chi connectivity index (χ1n) is 6.12. The predicted octanol–water partition coefficient (Wildman–Crippen LogP) is 2.00. The number of nitrogens with one attached hydrogen (secondary N) is 1. The van der Waals surface area contributed by atoms with Crippen molar-refractivity contribution in [3.63, 3.8) is 0 Å². The van der Waals surface area contributed by atoms with Crippen LogP contribution < -0.4 is 10.5 Å². The van der Waals surface area contributed by atoms with E-state index in [1.807, 2.05) is 10.8 Å². The number of hydrogen-bond acceptors (Lipinski definition) is 4. The Kier molecular flexibility index (Phi) is 4.39. The number of nitrogen functional groups attached to an aromatic ring is 1. The molecule has 108 valence electrons. The van der Waals surface area contributed by atoms with Gasteiger partial charge in [-0.25, -0.2) is 13.1 Å². The summed E-state index contributed by atoms with van der Waals surface area (Å²) in [5, 5.41) is 0.956. The number of amides is 1. The van der Waals surface area contributed by atoms with Crippen LogP contribution in [0.2, 0.25) is 0 Å². The van der Waals surface area contributed by atoms with Gasteiger partial charge in [0.15, 0.2) is 0 Å². The van der Waals surface area contributed by atoms with Crippen LogP contribution >= 0.6 is 0 Å². The van der Waals surface area contributed by atoms with E-state index in [4.69, 9.17) is 5.73 Å². The zero-order valence-electron chi connectivity index (χ0n) is 11.1. The third kappa shape index (κ3) is 4.47. The highest BCUT2D eigenvalue weighted by molar-refractivity contribution is 7.93. The van der Waals surface area contributed by atoms with Gasteiger partial charge < -0.3 is 5.73 Å². The molecule has 2 aromatic rings. The Morgan fingerprint density at radius 1 is 1.00 bits per heavy atom. The monoisotopic (exact) mass is 302 g/mol. The number of anilines is 1. The van der Waals surface area contributed by atoms with Crippen LogP contribution in [0.3, 0.4) is 0 Å². The van der Waals surface area contributed by atoms with Gasteiger partial charge in [-0.05, 0) is 35.9 Å². The van der Waals surface area contributed by atoms with Crippen LogP contribution in [0.25, 0.3) is 6.08 Å². The second-order valence-electron chi connectivity index (χ2n) is 4.31. The molecule has 0 radical (unpaired) electrons. The highest BCUT2D eigenvalue weighted by Gasteiger charge is 2.12. The van der Waals surface area contributed by atoms with E-state index in [2.05, 4.69) is 0 Å². The zero-order valence-corrected chi connectivity index (χ0v) is 11.9. The molecule has 21 heavy (non-hydrogen) atoms. The normalized spacial score (nSPS) is 11.4. The Hall–Kier alpha value is -2.60. The molecular formula is C15H14N2O3S. The Morgan fingerprint density at radius 2 is 1.62 bits per heavy atom. The molecule has 0 unspecified atom stereocenters. The van der Waals surface area contributed by atoms with Crippen molar-refractivity contribution in [1.82, 2.24) is 4.72 Å². The van der Waals surface area contributed by atoms with E-state index >= 15 is 0 Å². The van der Waals surface area contributed by atoms with Crippen LogP contribution in [0.4, 0.5) is 5.69 Å². The molecule has 2 aromatic carbocycles. The van der Waals surface area contributed by atoms with Gasteiger partial charge in [0.25, 0.3) is 15.9 Å². The molecule has 5 nitrogen and oxygen atoms in total. The molecule has 0 saturated heterocycles. The molecule has 0 fully saturated rings. The number of sulfonamides is 1. The first-order valence-corrected chi connectivity index (χ1v) is 7.67. The molecule has 1 amide bonds. The maximum atomic E-state index is 11.8. The van der Waals surface area contributed by atoms with Crippen LogP contribution in [0, 0.1) is 0 Å². The fourth-order valence-electron chi connectivity index (χ4n) is 1.59.